The first kappa shape index (κ1) is 12.5. The average molecular weight is 233 g/mol. The van der Waals surface area contributed by atoms with Crippen molar-refractivity contribution in [2.24, 2.45) is 5.73 Å². The van der Waals surface area contributed by atoms with Crippen molar-refractivity contribution in [2.75, 3.05) is 13.7 Å². The molecule has 2 N–H and O–H groups in total. The van der Waals surface area contributed by atoms with Crippen LogP contribution in [-0.4, -0.2) is 19.4 Å². The van der Waals surface area contributed by atoms with Crippen molar-refractivity contribution < 1.29 is 22.7 Å². The molecule has 0 atom stereocenters. The first-order chi connectivity index (χ1) is 7.52. The van der Waals surface area contributed by atoms with Gasteiger partial charge in [0.1, 0.15) is 0 Å². The number of Topliss-reactive ketones (excluding diaryl/α,β-unsaturated/α-hetero) is 1. The largest absolute Gasteiger partial charge is 0.493 e. The van der Waals surface area contributed by atoms with E-state index in [0.717, 1.165) is 7.11 Å². The summed E-state index contributed by atoms with van der Waals surface area (Å²) in [6.45, 7) is 0.0304. The standard InChI is InChI=1S/C10H10F3NO2/c1-16-10-5(7(15)2-3-14)4-6(11)8(12)9(10)13/h4H,2-3,14H2,1H3. The SMILES string of the molecule is COc1c(C(=O)CCN)cc(F)c(F)c1F. The first-order valence-electron chi connectivity index (χ1n) is 4.47. The second-order valence-electron chi connectivity index (χ2n) is 3.03. The molecule has 88 valence electrons. The van der Waals surface area contributed by atoms with E-state index >= 15 is 0 Å². The highest BCUT2D eigenvalue weighted by atomic mass is 19.2. The van der Waals surface area contributed by atoms with Crippen LogP contribution in [0.1, 0.15) is 16.8 Å². The number of ketones is 1. The van der Waals surface area contributed by atoms with Gasteiger partial charge in [-0.15, -0.1) is 0 Å². The van der Waals surface area contributed by atoms with E-state index in [9.17, 15) is 18.0 Å². The van der Waals surface area contributed by atoms with Gasteiger partial charge >= 0.3 is 0 Å². The van der Waals surface area contributed by atoms with E-state index in [-0.39, 0.29) is 18.5 Å². The van der Waals surface area contributed by atoms with Gasteiger partial charge in [0.05, 0.1) is 12.7 Å². The Labute approximate surface area is 90.0 Å². The summed E-state index contributed by atoms with van der Waals surface area (Å²) in [5, 5.41) is 0. The summed E-state index contributed by atoms with van der Waals surface area (Å²) >= 11 is 0. The van der Waals surface area contributed by atoms with E-state index in [1.165, 1.54) is 0 Å². The minimum atomic E-state index is -1.67. The molecule has 1 aromatic rings. The Kier molecular flexibility index (Phi) is 3.89. The van der Waals surface area contributed by atoms with E-state index in [4.69, 9.17) is 5.73 Å². The number of carbonyl (C=O) groups is 1. The molecule has 0 unspecified atom stereocenters. The molecule has 1 rings (SSSR count). The number of rotatable bonds is 4. The number of carbonyl (C=O) groups excluding carboxylic acids is 1. The summed E-state index contributed by atoms with van der Waals surface area (Å²) in [5.74, 6) is -5.81. The van der Waals surface area contributed by atoms with Crippen LogP contribution >= 0.6 is 0 Å². The summed E-state index contributed by atoms with van der Waals surface area (Å²) in [5.41, 5.74) is 4.80. The number of halogens is 3. The number of hydrogen-bond donors (Lipinski definition) is 1. The van der Waals surface area contributed by atoms with Gasteiger partial charge in [-0.2, -0.15) is 4.39 Å². The van der Waals surface area contributed by atoms with Crippen LogP contribution in [-0.2, 0) is 0 Å². The fourth-order valence-electron chi connectivity index (χ4n) is 1.25. The highest BCUT2D eigenvalue weighted by Crippen LogP contribution is 2.27. The van der Waals surface area contributed by atoms with Crippen LogP contribution in [0.3, 0.4) is 0 Å². The van der Waals surface area contributed by atoms with Crippen molar-refractivity contribution in [3.05, 3.63) is 29.1 Å². The van der Waals surface area contributed by atoms with Gasteiger partial charge in [0.15, 0.2) is 23.2 Å². The van der Waals surface area contributed by atoms with Crippen LogP contribution in [0.5, 0.6) is 5.75 Å². The topological polar surface area (TPSA) is 52.3 Å². The lowest BCUT2D eigenvalue weighted by Gasteiger charge is -2.09. The van der Waals surface area contributed by atoms with Gasteiger partial charge in [0.2, 0.25) is 5.82 Å². The van der Waals surface area contributed by atoms with Crippen LogP contribution in [0.4, 0.5) is 13.2 Å². The van der Waals surface area contributed by atoms with Crippen LogP contribution < -0.4 is 10.5 Å². The van der Waals surface area contributed by atoms with Crippen molar-refractivity contribution in [2.45, 2.75) is 6.42 Å². The van der Waals surface area contributed by atoms with Gasteiger partial charge in [-0.1, -0.05) is 0 Å². The molecule has 0 fully saturated rings. The highest BCUT2D eigenvalue weighted by molar-refractivity contribution is 5.98. The van der Waals surface area contributed by atoms with E-state index in [2.05, 4.69) is 4.74 Å². The van der Waals surface area contributed by atoms with Crippen molar-refractivity contribution in [3.8, 4) is 5.75 Å². The van der Waals surface area contributed by atoms with Crippen molar-refractivity contribution in [1.29, 1.82) is 0 Å². The Morgan fingerprint density at radius 3 is 2.50 bits per heavy atom. The molecule has 3 nitrogen and oxygen atoms in total. The molecule has 0 saturated carbocycles. The number of benzene rings is 1. The lowest BCUT2D eigenvalue weighted by Crippen LogP contribution is -2.11. The Morgan fingerprint density at radius 1 is 1.38 bits per heavy atom. The second-order valence-corrected chi connectivity index (χ2v) is 3.03. The Hall–Kier alpha value is -1.56. The van der Waals surface area contributed by atoms with Gasteiger partial charge in [-0.3, -0.25) is 4.79 Å². The summed E-state index contributed by atoms with van der Waals surface area (Å²) in [7, 11) is 1.06. The zero-order chi connectivity index (χ0) is 12.3. The zero-order valence-electron chi connectivity index (χ0n) is 8.52. The summed E-state index contributed by atoms with van der Waals surface area (Å²) in [6, 6.07) is 0.606. The minimum absolute atomic E-state index is 0.0304. The number of nitrogens with two attached hydrogens (primary N) is 1. The second kappa shape index (κ2) is 4.98. The molecular weight excluding hydrogens is 223 g/mol. The maximum absolute atomic E-state index is 13.2. The molecule has 0 spiro atoms. The molecule has 0 aromatic heterocycles. The van der Waals surface area contributed by atoms with Crippen molar-refractivity contribution in [1.82, 2.24) is 0 Å². The average Bonchev–Trinajstić information content (AvgIpc) is 2.26. The fraction of sp³-hybridized carbons (Fsp3) is 0.300. The van der Waals surface area contributed by atoms with Gasteiger partial charge in [-0.05, 0) is 12.6 Å². The predicted molar refractivity (Wildman–Crippen MR) is 50.9 cm³/mol. The normalized spacial score (nSPS) is 10.3. The lowest BCUT2D eigenvalue weighted by molar-refractivity contribution is 0.0980. The molecule has 0 aliphatic rings. The Morgan fingerprint density at radius 2 is 2.00 bits per heavy atom. The summed E-state index contributed by atoms with van der Waals surface area (Å²) in [6.07, 6.45) is -0.0964. The summed E-state index contributed by atoms with van der Waals surface area (Å²) in [4.78, 5) is 11.4. The van der Waals surface area contributed by atoms with E-state index in [0.29, 0.717) is 6.07 Å². The van der Waals surface area contributed by atoms with E-state index in [1.54, 1.807) is 0 Å². The Balaban J connectivity index is 3.33. The molecule has 0 bridgehead atoms. The quantitative estimate of drug-likeness (QED) is 0.635. The molecule has 1 aromatic carbocycles. The third-order valence-electron chi connectivity index (χ3n) is 1.99. The smallest absolute Gasteiger partial charge is 0.204 e. The number of ether oxygens (including phenoxy) is 1. The molecule has 0 amide bonds. The molecule has 16 heavy (non-hydrogen) atoms. The maximum Gasteiger partial charge on any atom is 0.204 e. The molecule has 0 aliphatic heterocycles. The third kappa shape index (κ3) is 2.16. The molecule has 0 radical (unpaired) electrons. The fourth-order valence-corrected chi connectivity index (χ4v) is 1.25. The van der Waals surface area contributed by atoms with Crippen molar-refractivity contribution >= 4 is 5.78 Å². The highest BCUT2D eigenvalue weighted by Gasteiger charge is 2.22. The molecule has 0 aliphatic carbocycles. The molecule has 6 heteroatoms. The number of methoxy groups -OCH3 is 1. The van der Waals surface area contributed by atoms with Gasteiger partial charge in [0.25, 0.3) is 0 Å². The van der Waals surface area contributed by atoms with Crippen LogP contribution in [0.25, 0.3) is 0 Å². The van der Waals surface area contributed by atoms with Crippen molar-refractivity contribution in [3.63, 3.8) is 0 Å². The predicted octanol–water partition coefficient (Wildman–Crippen LogP) is 1.64. The van der Waals surface area contributed by atoms with Crippen LogP contribution in [0, 0.1) is 17.5 Å². The Bertz CT molecular complexity index is 421. The van der Waals surface area contributed by atoms with Gasteiger partial charge < -0.3 is 10.5 Å². The molecular formula is C10H10F3NO2. The van der Waals surface area contributed by atoms with Crippen LogP contribution in [0.2, 0.25) is 0 Å². The monoisotopic (exact) mass is 233 g/mol. The van der Waals surface area contributed by atoms with Gasteiger partial charge in [0, 0.05) is 6.42 Å². The molecule has 0 heterocycles. The lowest BCUT2D eigenvalue weighted by atomic mass is 10.1. The van der Waals surface area contributed by atoms with Crippen LogP contribution in [0.15, 0.2) is 6.07 Å². The van der Waals surface area contributed by atoms with Gasteiger partial charge in [-0.25, -0.2) is 8.78 Å². The van der Waals surface area contributed by atoms with E-state index in [1.807, 2.05) is 0 Å². The zero-order valence-corrected chi connectivity index (χ0v) is 8.52. The third-order valence-corrected chi connectivity index (χ3v) is 1.99. The molecule has 0 saturated heterocycles. The minimum Gasteiger partial charge on any atom is -0.493 e. The summed E-state index contributed by atoms with van der Waals surface area (Å²) < 4.78 is 43.5. The maximum atomic E-state index is 13.2. The van der Waals surface area contributed by atoms with E-state index < -0.39 is 29.0 Å². The first-order valence-corrected chi connectivity index (χ1v) is 4.47. The number of hydrogen-bond acceptors (Lipinski definition) is 3.